The summed E-state index contributed by atoms with van der Waals surface area (Å²) in [5, 5.41) is 8.38. The molecule has 0 aromatic heterocycles. The zero-order valence-electron chi connectivity index (χ0n) is 5.11. The van der Waals surface area contributed by atoms with Crippen molar-refractivity contribution in [1.82, 2.24) is 0 Å². The Morgan fingerprint density at radius 1 is 1.20 bits per heavy atom. The molecule has 0 saturated carbocycles. The largest absolute Gasteiger partial charge is 0.325 e. The lowest BCUT2D eigenvalue weighted by Crippen LogP contribution is -1.86. The molecule has 54 valence electrons. The highest BCUT2D eigenvalue weighted by atomic mass is 32.2. The third-order valence-electron chi connectivity index (χ3n) is 1.09. The standard InChI is InChI=1S/C6H7NO2S/c8-7-5-1-3-6(10-9)4-2-5/h1-4,7-9H. The molecule has 3 N–H and O–H groups in total. The summed E-state index contributed by atoms with van der Waals surface area (Å²) in [5.41, 5.74) is 2.60. The number of hydrogen-bond acceptors (Lipinski definition) is 4. The molecule has 0 atom stereocenters. The van der Waals surface area contributed by atoms with Gasteiger partial charge in [0.2, 0.25) is 0 Å². The maximum Gasteiger partial charge on any atom is 0.0602 e. The molecule has 0 aliphatic heterocycles. The van der Waals surface area contributed by atoms with Crippen LogP contribution in [0.2, 0.25) is 0 Å². The van der Waals surface area contributed by atoms with Gasteiger partial charge in [-0.05, 0) is 24.3 Å². The van der Waals surface area contributed by atoms with Crippen LogP contribution < -0.4 is 5.48 Å². The molecule has 0 spiro atoms. The second-order valence-corrected chi connectivity index (χ2v) is 2.38. The van der Waals surface area contributed by atoms with Crippen LogP contribution in [0.3, 0.4) is 0 Å². The zero-order chi connectivity index (χ0) is 7.40. The highest BCUT2D eigenvalue weighted by Crippen LogP contribution is 2.16. The lowest BCUT2D eigenvalue weighted by atomic mass is 10.3. The Morgan fingerprint density at radius 2 is 1.80 bits per heavy atom. The first-order chi connectivity index (χ1) is 4.86. The minimum atomic E-state index is 0.609. The van der Waals surface area contributed by atoms with Gasteiger partial charge >= 0.3 is 0 Å². The van der Waals surface area contributed by atoms with Crippen molar-refractivity contribution in [1.29, 1.82) is 0 Å². The highest BCUT2D eigenvalue weighted by Gasteiger charge is 1.90. The Morgan fingerprint density at radius 3 is 2.20 bits per heavy atom. The van der Waals surface area contributed by atoms with E-state index in [0.29, 0.717) is 17.7 Å². The molecule has 0 aliphatic carbocycles. The molecule has 0 amide bonds. The molecule has 0 unspecified atom stereocenters. The van der Waals surface area contributed by atoms with Gasteiger partial charge in [-0.2, -0.15) is 0 Å². The monoisotopic (exact) mass is 157 g/mol. The number of hydrogen-bond donors (Lipinski definition) is 3. The summed E-state index contributed by atoms with van der Waals surface area (Å²) in [5.74, 6) is 0. The summed E-state index contributed by atoms with van der Waals surface area (Å²) in [7, 11) is 0. The molecule has 0 radical (unpaired) electrons. The molecule has 1 rings (SSSR count). The molecule has 0 aliphatic rings. The maximum atomic E-state index is 8.53. The quantitative estimate of drug-likeness (QED) is 0.454. The molecule has 10 heavy (non-hydrogen) atoms. The van der Waals surface area contributed by atoms with Crippen LogP contribution in [0.1, 0.15) is 0 Å². The van der Waals surface area contributed by atoms with Crippen molar-refractivity contribution in [2.45, 2.75) is 4.90 Å². The minimum absolute atomic E-state index is 0.609. The first-order valence-electron chi connectivity index (χ1n) is 2.68. The van der Waals surface area contributed by atoms with E-state index in [-0.39, 0.29) is 0 Å². The van der Waals surface area contributed by atoms with Crippen molar-refractivity contribution in [2.75, 3.05) is 5.48 Å². The van der Waals surface area contributed by atoms with Crippen LogP contribution in [0.15, 0.2) is 29.2 Å². The van der Waals surface area contributed by atoms with Crippen molar-refractivity contribution in [3.63, 3.8) is 0 Å². The second kappa shape index (κ2) is 3.46. The van der Waals surface area contributed by atoms with E-state index in [2.05, 4.69) is 0 Å². The molecule has 1 aromatic rings. The zero-order valence-corrected chi connectivity index (χ0v) is 5.93. The van der Waals surface area contributed by atoms with Crippen LogP contribution in [0.5, 0.6) is 0 Å². The van der Waals surface area contributed by atoms with Crippen LogP contribution in [-0.2, 0) is 0 Å². The fourth-order valence-corrected chi connectivity index (χ4v) is 0.848. The summed E-state index contributed by atoms with van der Waals surface area (Å²) in [4.78, 5) is 0.749. The molecule has 4 heteroatoms. The summed E-state index contributed by atoms with van der Waals surface area (Å²) in [6, 6.07) is 6.73. The fraction of sp³-hybridized carbons (Fsp3) is 0. The van der Waals surface area contributed by atoms with Crippen molar-refractivity contribution < 1.29 is 9.76 Å². The average Bonchev–Trinajstić information content (AvgIpc) is 2.05. The topological polar surface area (TPSA) is 52.5 Å². The maximum absolute atomic E-state index is 8.53. The molecule has 3 nitrogen and oxygen atoms in total. The first kappa shape index (κ1) is 7.40. The Kier molecular flexibility index (Phi) is 2.56. The number of benzene rings is 1. The number of anilines is 1. The van der Waals surface area contributed by atoms with Crippen molar-refractivity contribution in [3.05, 3.63) is 24.3 Å². The van der Waals surface area contributed by atoms with Gasteiger partial charge < -0.3 is 4.55 Å². The van der Waals surface area contributed by atoms with E-state index >= 15 is 0 Å². The number of nitrogens with one attached hydrogen (secondary N) is 1. The van der Waals surface area contributed by atoms with E-state index in [4.69, 9.17) is 9.76 Å². The summed E-state index contributed by atoms with van der Waals surface area (Å²) >= 11 is 0.679. The van der Waals surface area contributed by atoms with Crippen LogP contribution in [0, 0.1) is 0 Å². The first-order valence-corrected chi connectivity index (χ1v) is 3.46. The highest BCUT2D eigenvalue weighted by molar-refractivity contribution is 7.93. The molecule has 0 bridgehead atoms. The summed E-state index contributed by atoms with van der Waals surface area (Å²) in [6.07, 6.45) is 0. The van der Waals surface area contributed by atoms with Crippen LogP contribution >= 0.6 is 12.0 Å². The van der Waals surface area contributed by atoms with Gasteiger partial charge in [-0.1, -0.05) is 0 Å². The second-order valence-electron chi connectivity index (χ2n) is 1.73. The van der Waals surface area contributed by atoms with E-state index < -0.39 is 0 Å². The Bertz CT molecular complexity index is 176. The molecule has 1 aromatic carbocycles. The molecular weight excluding hydrogens is 150 g/mol. The lowest BCUT2D eigenvalue weighted by Gasteiger charge is -1.97. The molecule has 0 fully saturated rings. The third kappa shape index (κ3) is 1.63. The van der Waals surface area contributed by atoms with Gasteiger partial charge in [0.15, 0.2) is 0 Å². The minimum Gasteiger partial charge on any atom is -0.325 e. The number of rotatable bonds is 2. The smallest absolute Gasteiger partial charge is 0.0602 e. The van der Waals surface area contributed by atoms with Gasteiger partial charge in [-0.15, -0.1) is 0 Å². The van der Waals surface area contributed by atoms with Gasteiger partial charge in [0.25, 0.3) is 0 Å². The predicted octanol–water partition coefficient (Wildman–Crippen LogP) is 2.05. The van der Waals surface area contributed by atoms with Crippen molar-refractivity contribution in [2.24, 2.45) is 0 Å². The van der Waals surface area contributed by atoms with E-state index in [1.54, 1.807) is 24.3 Å². The van der Waals surface area contributed by atoms with E-state index in [0.717, 1.165) is 4.90 Å². The van der Waals surface area contributed by atoms with Crippen molar-refractivity contribution >= 4 is 17.7 Å². The summed E-state index contributed by atoms with van der Waals surface area (Å²) < 4.78 is 8.53. The SMILES string of the molecule is ONc1ccc(SO)cc1. The van der Waals surface area contributed by atoms with Crippen LogP contribution in [0.4, 0.5) is 5.69 Å². The molecule has 0 saturated heterocycles. The molecule has 0 heterocycles. The average molecular weight is 157 g/mol. The Labute approximate surface area is 62.9 Å². The van der Waals surface area contributed by atoms with Gasteiger partial charge in [0, 0.05) is 16.9 Å². The third-order valence-corrected chi connectivity index (χ3v) is 1.57. The van der Waals surface area contributed by atoms with Gasteiger partial charge in [0.05, 0.1) is 5.69 Å². The Balaban J connectivity index is 2.80. The van der Waals surface area contributed by atoms with Crippen molar-refractivity contribution in [3.8, 4) is 0 Å². The van der Waals surface area contributed by atoms with E-state index in [9.17, 15) is 0 Å². The normalized spacial score (nSPS) is 9.40. The van der Waals surface area contributed by atoms with Gasteiger partial charge in [-0.3, -0.25) is 10.7 Å². The molecular formula is C6H7NO2S. The van der Waals surface area contributed by atoms with Gasteiger partial charge in [-0.25, -0.2) is 0 Å². The lowest BCUT2D eigenvalue weighted by molar-refractivity contribution is 0.389. The summed E-state index contributed by atoms with van der Waals surface area (Å²) in [6.45, 7) is 0. The van der Waals surface area contributed by atoms with Crippen LogP contribution in [0.25, 0.3) is 0 Å². The Hall–Kier alpha value is -0.710. The van der Waals surface area contributed by atoms with Gasteiger partial charge in [0.1, 0.15) is 0 Å². The fourth-order valence-electron chi connectivity index (χ4n) is 0.590. The van der Waals surface area contributed by atoms with E-state index in [1.807, 2.05) is 5.48 Å². The predicted molar refractivity (Wildman–Crippen MR) is 40.3 cm³/mol. The van der Waals surface area contributed by atoms with E-state index in [1.165, 1.54) is 0 Å². The van der Waals surface area contributed by atoms with Crippen LogP contribution in [-0.4, -0.2) is 9.76 Å².